The second kappa shape index (κ2) is 5.57. The smallest absolute Gasteiger partial charge is 0.256 e. The number of carbonyl (C=O) groups excluding carboxylic acids is 1. The van der Waals surface area contributed by atoms with Gasteiger partial charge in [0.15, 0.2) is 0 Å². The Morgan fingerprint density at radius 2 is 2.16 bits per heavy atom. The summed E-state index contributed by atoms with van der Waals surface area (Å²) < 4.78 is 2.59. The standard InChI is InChI=1S/C14H16BrN3O/c1-9(2)18-8-11(7-16-18)17-14(19)12-6-10(3)4-5-13(12)15/h4-9H,1-3H3,(H,17,19). The summed E-state index contributed by atoms with van der Waals surface area (Å²) >= 11 is 3.39. The number of amides is 1. The van der Waals surface area contributed by atoms with Crippen molar-refractivity contribution < 1.29 is 4.79 Å². The number of aromatic nitrogens is 2. The van der Waals surface area contributed by atoms with Gasteiger partial charge in [-0.15, -0.1) is 0 Å². The number of nitrogens with zero attached hydrogens (tertiary/aromatic N) is 2. The van der Waals surface area contributed by atoms with E-state index in [1.807, 2.05) is 45.2 Å². The van der Waals surface area contributed by atoms with Gasteiger partial charge < -0.3 is 5.32 Å². The van der Waals surface area contributed by atoms with E-state index in [1.165, 1.54) is 0 Å². The van der Waals surface area contributed by atoms with Gasteiger partial charge in [-0.3, -0.25) is 9.48 Å². The molecule has 0 fully saturated rings. The van der Waals surface area contributed by atoms with E-state index in [-0.39, 0.29) is 11.9 Å². The minimum atomic E-state index is -0.140. The van der Waals surface area contributed by atoms with Crippen molar-refractivity contribution in [3.63, 3.8) is 0 Å². The molecule has 1 heterocycles. The number of anilines is 1. The molecule has 0 spiro atoms. The van der Waals surface area contributed by atoms with Gasteiger partial charge in [-0.25, -0.2) is 0 Å². The van der Waals surface area contributed by atoms with E-state index >= 15 is 0 Å². The van der Waals surface area contributed by atoms with Crippen LogP contribution in [0.4, 0.5) is 5.69 Å². The maximum absolute atomic E-state index is 12.2. The molecule has 19 heavy (non-hydrogen) atoms. The van der Waals surface area contributed by atoms with Gasteiger partial charge >= 0.3 is 0 Å². The molecule has 100 valence electrons. The van der Waals surface area contributed by atoms with Crippen LogP contribution < -0.4 is 5.32 Å². The fraction of sp³-hybridized carbons (Fsp3) is 0.286. The Kier molecular flexibility index (Phi) is 4.04. The predicted molar refractivity (Wildman–Crippen MR) is 79.4 cm³/mol. The highest BCUT2D eigenvalue weighted by Gasteiger charge is 2.11. The summed E-state index contributed by atoms with van der Waals surface area (Å²) in [4.78, 5) is 12.2. The Morgan fingerprint density at radius 3 is 2.79 bits per heavy atom. The van der Waals surface area contributed by atoms with Crippen molar-refractivity contribution in [2.75, 3.05) is 5.32 Å². The van der Waals surface area contributed by atoms with Crippen molar-refractivity contribution in [3.05, 3.63) is 46.2 Å². The number of benzene rings is 1. The largest absolute Gasteiger partial charge is 0.319 e. The highest BCUT2D eigenvalue weighted by Crippen LogP contribution is 2.20. The molecule has 2 rings (SSSR count). The van der Waals surface area contributed by atoms with Crippen LogP contribution in [0.25, 0.3) is 0 Å². The van der Waals surface area contributed by atoms with Crippen molar-refractivity contribution in [1.29, 1.82) is 0 Å². The number of carbonyl (C=O) groups is 1. The fourth-order valence-electron chi connectivity index (χ4n) is 1.70. The lowest BCUT2D eigenvalue weighted by molar-refractivity contribution is 0.102. The zero-order valence-corrected chi connectivity index (χ0v) is 12.7. The van der Waals surface area contributed by atoms with Gasteiger partial charge in [0.1, 0.15) is 0 Å². The molecule has 0 radical (unpaired) electrons. The summed E-state index contributed by atoms with van der Waals surface area (Å²) in [6.45, 7) is 6.03. The molecule has 4 nitrogen and oxygen atoms in total. The molecule has 2 aromatic rings. The van der Waals surface area contributed by atoms with E-state index in [4.69, 9.17) is 0 Å². The number of halogens is 1. The third-order valence-corrected chi connectivity index (χ3v) is 3.45. The average Bonchev–Trinajstić information content (AvgIpc) is 2.80. The molecule has 0 aliphatic heterocycles. The minimum absolute atomic E-state index is 0.140. The Balaban J connectivity index is 2.18. The molecular formula is C14H16BrN3O. The first-order valence-corrected chi connectivity index (χ1v) is 6.88. The van der Waals surface area contributed by atoms with Crippen molar-refractivity contribution in [1.82, 2.24) is 9.78 Å². The molecule has 0 unspecified atom stereocenters. The van der Waals surface area contributed by atoms with E-state index in [0.717, 1.165) is 10.0 Å². The summed E-state index contributed by atoms with van der Waals surface area (Å²) in [5.41, 5.74) is 2.37. The number of rotatable bonds is 3. The van der Waals surface area contributed by atoms with E-state index in [0.29, 0.717) is 11.3 Å². The Labute approximate surface area is 120 Å². The van der Waals surface area contributed by atoms with Crippen LogP contribution in [0.3, 0.4) is 0 Å². The van der Waals surface area contributed by atoms with Crippen LogP contribution in [0.15, 0.2) is 35.1 Å². The molecule has 1 N–H and O–H groups in total. The number of aryl methyl sites for hydroxylation is 1. The normalized spacial score (nSPS) is 10.8. The predicted octanol–water partition coefficient (Wildman–Crippen LogP) is 3.79. The molecular weight excluding hydrogens is 306 g/mol. The lowest BCUT2D eigenvalue weighted by atomic mass is 10.1. The second-order valence-corrected chi connectivity index (χ2v) is 5.59. The zero-order valence-electron chi connectivity index (χ0n) is 11.1. The Hall–Kier alpha value is -1.62. The minimum Gasteiger partial charge on any atom is -0.319 e. The first-order valence-electron chi connectivity index (χ1n) is 6.09. The number of hydrogen-bond acceptors (Lipinski definition) is 2. The summed E-state index contributed by atoms with van der Waals surface area (Å²) in [6.07, 6.45) is 3.48. The van der Waals surface area contributed by atoms with Gasteiger partial charge in [0.05, 0.1) is 17.4 Å². The fourth-order valence-corrected chi connectivity index (χ4v) is 2.12. The maximum atomic E-state index is 12.2. The van der Waals surface area contributed by atoms with Gasteiger partial charge in [0, 0.05) is 16.7 Å². The van der Waals surface area contributed by atoms with Crippen molar-refractivity contribution in [3.8, 4) is 0 Å². The first-order chi connectivity index (χ1) is 8.97. The lowest BCUT2D eigenvalue weighted by Gasteiger charge is -2.06. The van der Waals surface area contributed by atoms with Crippen molar-refractivity contribution >= 4 is 27.5 Å². The van der Waals surface area contributed by atoms with E-state index in [2.05, 4.69) is 26.3 Å². The number of nitrogens with one attached hydrogen (secondary N) is 1. The van der Waals surface area contributed by atoms with Gasteiger partial charge in [0.25, 0.3) is 5.91 Å². The van der Waals surface area contributed by atoms with E-state index in [9.17, 15) is 4.79 Å². The van der Waals surface area contributed by atoms with Gasteiger partial charge in [-0.1, -0.05) is 11.6 Å². The summed E-state index contributed by atoms with van der Waals surface area (Å²) in [5, 5.41) is 7.04. The van der Waals surface area contributed by atoms with Crippen LogP contribution in [-0.4, -0.2) is 15.7 Å². The molecule has 0 aliphatic carbocycles. The van der Waals surface area contributed by atoms with Gasteiger partial charge in [-0.05, 0) is 48.8 Å². The summed E-state index contributed by atoms with van der Waals surface area (Å²) in [7, 11) is 0. The van der Waals surface area contributed by atoms with Crippen LogP contribution in [0.5, 0.6) is 0 Å². The molecule has 1 aromatic carbocycles. The highest BCUT2D eigenvalue weighted by atomic mass is 79.9. The van der Waals surface area contributed by atoms with Crippen LogP contribution >= 0.6 is 15.9 Å². The maximum Gasteiger partial charge on any atom is 0.256 e. The average molecular weight is 322 g/mol. The van der Waals surface area contributed by atoms with Crippen LogP contribution in [-0.2, 0) is 0 Å². The number of hydrogen-bond donors (Lipinski definition) is 1. The first kappa shape index (κ1) is 13.8. The monoisotopic (exact) mass is 321 g/mol. The molecule has 0 saturated carbocycles. The van der Waals surface area contributed by atoms with Crippen LogP contribution in [0.2, 0.25) is 0 Å². The third kappa shape index (κ3) is 3.23. The molecule has 0 aliphatic rings. The quantitative estimate of drug-likeness (QED) is 0.934. The Morgan fingerprint density at radius 1 is 1.42 bits per heavy atom. The van der Waals surface area contributed by atoms with Gasteiger partial charge in [-0.2, -0.15) is 5.10 Å². The molecule has 0 bridgehead atoms. The molecule has 0 saturated heterocycles. The van der Waals surface area contributed by atoms with Crippen molar-refractivity contribution in [2.24, 2.45) is 0 Å². The summed E-state index contributed by atoms with van der Waals surface area (Å²) in [6, 6.07) is 5.96. The third-order valence-electron chi connectivity index (χ3n) is 2.75. The lowest BCUT2D eigenvalue weighted by Crippen LogP contribution is -2.12. The second-order valence-electron chi connectivity index (χ2n) is 4.74. The molecule has 1 aromatic heterocycles. The van der Waals surface area contributed by atoms with Crippen LogP contribution in [0.1, 0.15) is 35.8 Å². The van der Waals surface area contributed by atoms with E-state index < -0.39 is 0 Å². The van der Waals surface area contributed by atoms with Crippen LogP contribution in [0, 0.1) is 6.92 Å². The van der Waals surface area contributed by atoms with Crippen molar-refractivity contribution in [2.45, 2.75) is 26.8 Å². The molecule has 1 amide bonds. The topological polar surface area (TPSA) is 46.9 Å². The van der Waals surface area contributed by atoms with E-state index in [1.54, 1.807) is 10.9 Å². The SMILES string of the molecule is Cc1ccc(Br)c(C(=O)Nc2cnn(C(C)C)c2)c1. The zero-order chi connectivity index (χ0) is 14.0. The summed E-state index contributed by atoms with van der Waals surface area (Å²) in [5.74, 6) is -0.140. The highest BCUT2D eigenvalue weighted by molar-refractivity contribution is 9.10. The Bertz CT molecular complexity index is 604. The molecule has 0 atom stereocenters. The van der Waals surface area contributed by atoms with Gasteiger partial charge in [0.2, 0.25) is 0 Å². The molecule has 5 heteroatoms.